The van der Waals surface area contributed by atoms with E-state index in [0.29, 0.717) is 43.9 Å². The Hall–Kier alpha value is -3.55. The molecule has 0 atom stereocenters. The number of amides is 2. The predicted molar refractivity (Wildman–Crippen MR) is 104 cm³/mol. The Morgan fingerprint density at radius 3 is 1.83 bits per heavy atom. The molecule has 0 radical (unpaired) electrons. The molecule has 1 aliphatic rings. The van der Waals surface area contributed by atoms with Crippen molar-refractivity contribution in [3.63, 3.8) is 0 Å². The lowest BCUT2D eigenvalue weighted by molar-refractivity contribution is 0.0535. The second kappa shape index (κ2) is 8.22. The molecule has 0 aliphatic carbocycles. The number of hydrogen-bond acceptors (Lipinski definition) is 4. The molecule has 1 aromatic heterocycles. The number of aromatic nitrogens is 3. The van der Waals surface area contributed by atoms with Gasteiger partial charge in [-0.05, 0) is 42.0 Å². The predicted octanol–water partition coefficient (Wildman–Crippen LogP) is 2.06. The monoisotopic (exact) mass is 393 g/mol. The summed E-state index contributed by atoms with van der Waals surface area (Å²) in [5, 5.41) is 4.07. The Morgan fingerprint density at radius 2 is 1.34 bits per heavy atom. The molecule has 0 saturated carbocycles. The number of halogens is 1. The van der Waals surface area contributed by atoms with Crippen molar-refractivity contribution in [3.05, 3.63) is 83.7 Å². The summed E-state index contributed by atoms with van der Waals surface area (Å²) in [6, 6.07) is 13.0. The number of nitrogens with zero attached hydrogens (tertiary/aromatic N) is 5. The van der Waals surface area contributed by atoms with E-state index in [4.69, 9.17) is 0 Å². The fraction of sp³-hybridized carbons (Fsp3) is 0.238. The van der Waals surface area contributed by atoms with Gasteiger partial charge in [0.2, 0.25) is 0 Å². The Labute approximate surface area is 167 Å². The molecule has 2 amide bonds. The van der Waals surface area contributed by atoms with Gasteiger partial charge in [-0.25, -0.2) is 14.1 Å². The molecule has 8 heteroatoms. The first-order valence-electron chi connectivity index (χ1n) is 9.35. The van der Waals surface area contributed by atoms with E-state index in [1.54, 1.807) is 20.8 Å². The molecule has 3 aromatic rings. The van der Waals surface area contributed by atoms with Gasteiger partial charge in [0.1, 0.15) is 18.5 Å². The lowest BCUT2D eigenvalue weighted by Gasteiger charge is -2.35. The molecule has 2 aromatic carbocycles. The largest absolute Gasteiger partial charge is 0.335 e. The normalized spacial score (nSPS) is 14.1. The number of carbonyl (C=O) groups excluding carboxylic acids is 2. The molecule has 0 bridgehead atoms. The summed E-state index contributed by atoms with van der Waals surface area (Å²) in [5.74, 6) is -0.565. The van der Waals surface area contributed by atoms with Crippen molar-refractivity contribution in [1.82, 2.24) is 24.6 Å². The molecule has 1 saturated heterocycles. The third-order valence-corrected chi connectivity index (χ3v) is 4.96. The molecule has 2 heterocycles. The second-order valence-electron chi connectivity index (χ2n) is 6.88. The third kappa shape index (κ3) is 4.31. The van der Waals surface area contributed by atoms with Crippen LogP contribution < -0.4 is 0 Å². The van der Waals surface area contributed by atoms with Crippen LogP contribution >= 0.6 is 0 Å². The number of carbonyl (C=O) groups is 2. The van der Waals surface area contributed by atoms with E-state index in [2.05, 4.69) is 10.1 Å². The maximum atomic E-state index is 13.0. The maximum absolute atomic E-state index is 13.0. The zero-order valence-electron chi connectivity index (χ0n) is 15.7. The summed E-state index contributed by atoms with van der Waals surface area (Å²) in [6.07, 6.45) is 3.13. The first kappa shape index (κ1) is 18.8. The zero-order chi connectivity index (χ0) is 20.2. The van der Waals surface area contributed by atoms with E-state index < -0.39 is 0 Å². The van der Waals surface area contributed by atoms with E-state index in [1.807, 2.05) is 24.3 Å². The van der Waals surface area contributed by atoms with Crippen LogP contribution in [0.3, 0.4) is 0 Å². The Morgan fingerprint density at radius 1 is 0.828 bits per heavy atom. The van der Waals surface area contributed by atoms with Crippen molar-refractivity contribution >= 4 is 11.8 Å². The quantitative estimate of drug-likeness (QED) is 0.680. The van der Waals surface area contributed by atoms with E-state index in [0.717, 1.165) is 5.56 Å². The first-order chi connectivity index (χ1) is 14.1. The molecule has 1 fully saturated rings. The third-order valence-electron chi connectivity index (χ3n) is 4.96. The van der Waals surface area contributed by atoms with Crippen LogP contribution in [0.2, 0.25) is 0 Å². The van der Waals surface area contributed by atoms with Crippen molar-refractivity contribution in [3.8, 4) is 0 Å². The fourth-order valence-corrected chi connectivity index (χ4v) is 3.32. The maximum Gasteiger partial charge on any atom is 0.253 e. The van der Waals surface area contributed by atoms with Gasteiger partial charge in [-0.1, -0.05) is 12.1 Å². The molecule has 0 unspecified atom stereocenters. The van der Waals surface area contributed by atoms with Gasteiger partial charge in [0.15, 0.2) is 0 Å². The summed E-state index contributed by atoms with van der Waals surface area (Å²) < 4.78 is 14.8. The lowest BCUT2D eigenvalue weighted by atomic mass is 10.1. The summed E-state index contributed by atoms with van der Waals surface area (Å²) in [5.41, 5.74) is 2.10. The van der Waals surface area contributed by atoms with Crippen LogP contribution in [0, 0.1) is 5.82 Å². The molecule has 1 aliphatic heterocycles. The van der Waals surface area contributed by atoms with Crippen LogP contribution in [0.5, 0.6) is 0 Å². The van der Waals surface area contributed by atoms with Gasteiger partial charge in [-0.3, -0.25) is 9.59 Å². The Balaban J connectivity index is 1.34. The average Bonchev–Trinajstić information content (AvgIpc) is 3.27. The zero-order valence-corrected chi connectivity index (χ0v) is 15.7. The highest BCUT2D eigenvalue weighted by Gasteiger charge is 2.25. The molecule has 0 spiro atoms. The van der Waals surface area contributed by atoms with E-state index in [1.165, 1.54) is 30.6 Å². The minimum atomic E-state index is -0.371. The number of rotatable bonds is 4. The van der Waals surface area contributed by atoms with Crippen LogP contribution in [0.25, 0.3) is 0 Å². The van der Waals surface area contributed by atoms with E-state index in [9.17, 15) is 14.0 Å². The lowest BCUT2D eigenvalue weighted by Crippen LogP contribution is -2.50. The SMILES string of the molecule is O=C(c1ccc(F)cc1)N1CCN(C(=O)c2ccc(Cn3cncn3)cc2)CC1. The summed E-state index contributed by atoms with van der Waals surface area (Å²) in [4.78, 5) is 32.6. The standard InChI is InChI=1S/C21H20FN5O2/c22-19-7-5-18(6-8-19)21(29)26-11-9-25(10-12-26)20(28)17-3-1-16(2-4-17)13-27-15-23-14-24-27/h1-8,14-15H,9-13H2. The van der Waals surface area contributed by atoms with Gasteiger partial charge >= 0.3 is 0 Å². The highest BCUT2D eigenvalue weighted by atomic mass is 19.1. The van der Waals surface area contributed by atoms with Crippen molar-refractivity contribution in [1.29, 1.82) is 0 Å². The first-order valence-corrected chi connectivity index (χ1v) is 9.35. The molecule has 0 N–H and O–H groups in total. The van der Waals surface area contributed by atoms with Gasteiger partial charge in [-0.15, -0.1) is 0 Å². The smallest absolute Gasteiger partial charge is 0.253 e. The molecular formula is C21H20FN5O2. The molecule has 4 rings (SSSR count). The Bertz CT molecular complexity index is 979. The van der Waals surface area contributed by atoms with Crippen LogP contribution in [-0.4, -0.2) is 62.6 Å². The summed E-state index contributed by atoms with van der Waals surface area (Å²) >= 11 is 0. The van der Waals surface area contributed by atoms with E-state index in [-0.39, 0.29) is 17.6 Å². The molecule has 29 heavy (non-hydrogen) atoms. The van der Waals surface area contributed by atoms with Gasteiger partial charge < -0.3 is 9.80 Å². The van der Waals surface area contributed by atoms with E-state index >= 15 is 0 Å². The van der Waals surface area contributed by atoms with Crippen molar-refractivity contribution in [2.45, 2.75) is 6.54 Å². The van der Waals surface area contributed by atoms with Crippen LogP contribution in [0.15, 0.2) is 61.2 Å². The molecule has 148 valence electrons. The highest BCUT2D eigenvalue weighted by Crippen LogP contribution is 2.13. The van der Waals surface area contributed by atoms with Gasteiger partial charge in [-0.2, -0.15) is 5.10 Å². The topological polar surface area (TPSA) is 71.3 Å². The average molecular weight is 393 g/mol. The van der Waals surface area contributed by atoms with Crippen molar-refractivity contribution < 1.29 is 14.0 Å². The molecule has 7 nitrogen and oxygen atoms in total. The van der Waals surface area contributed by atoms with Crippen LogP contribution in [0.4, 0.5) is 4.39 Å². The molecular weight excluding hydrogens is 373 g/mol. The minimum Gasteiger partial charge on any atom is -0.335 e. The van der Waals surface area contributed by atoms with Gasteiger partial charge in [0.25, 0.3) is 11.8 Å². The number of piperazine rings is 1. The summed E-state index contributed by atoms with van der Waals surface area (Å²) in [7, 11) is 0. The van der Waals surface area contributed by atoms with Crippen molar-refractivity contribution in [2.75, 3.05) is 26.2 Å². The van der Waals surface area contributed by atoms with Crippen molar-refractivity contribution in [2.24, 2.45) is 0 Å². The van der Waals surface area contributed by atoms with Crippen LogP contribution in [-0.2, 0) is 6.54 Å². The summed E-state index contributed by atoms with van der Waals surface area (Å²) in [6.45, 7) is 2.43. The van der Waals surface area contributed by atoms with Gasteiger partial charge in [0.05, 0.1) is 6.54 Å². The Kier molecular flexibility index (Phi) is 5.33. The second-order valence-corrected chi connectivity index (χ2v) is 6.88. The number of benzene rings is 2. The highest BCUT2D eigenvalue weighted by molar-refractivity contribution is 5.96. The van der Waals surface area contributed by atoms with Gasteiger partial charge in [0, 0.05) is 37.3 Å². The fourth-order valence-electron chi connectivity index (χ4n) is 3.32. The van der Waals surface area contributed by atoms with Crippen LogP contribution in [0.1, 0.15) is 26.3 Å². The minimum absolute atomic E-state index is 0.0498. The number of hydrogen-bond donors (Lipinski definition) is 0.